The van der Waals surface area contributed by atoms with Gasteiger partial charge in [-0.2, -0.15) is 0 Å². The summed E-state index contributed by atoms with van der Waals surface area (Å²) in [6, 6.07) is 1.41. The number of phenols is 1. The number of aryl methyl sites for hydroxylation is 1. The van der Waals surface area contributed by atoms with Gasteiger partial charge in [-0.15, -0.1) is 0 Å². The van der Waals surface area contributed by atoms with E-state index in [9.17, 15) is 9.90 Å². The molecule has 0 unspecified atom stereocenters. The number of hydrogen-bond acceptors (Lipinski definition) is 3. The second kappa shape index (κ2) is 2.97. The molecule has 4 nitrogen and oxygen atoms in total. The molecule has 4 heteroatoms. The van der Waals surface area contributed by atoms with Crippen molar-refractivity contribution in [3.05, 3.63) is 22.8 Å². The molecule has 1 aromatic carbocycles. The van der Waals surface area contributed by atoms with Gasteiger partial charge in [0.1, 0.15) is 5.56 Å². The van der Waals surface area contributed by atoms with Gasteiger partial charge in [-0.3, -0.25) is 0 Å². The zero-order valence-corrected chi connectivity index (χ0v) is 7.46. The zero-order valence-electron chi connectivity index (χ0n) is 7.46. The maximum Gasteiger partial charge on any atom is 0.339 e. The molecular weight excluding hydrogens is 170 g/mol. The van der Waals surface area contributed by atoms with Crippen molar-refractivity contribution < 1.29 is 15.0 Å². The standard InChI is InChI=1S/C9H11NO3/c1-4-3-6(9(12)13)8(11)7(10)5(4)2/h3,11H,10H2,1-2H3,(H,12,13). The molecule has 4 N–H and O–H groups in total. The zero-order chi connectivity index (χ0) is 10.2. The number of carboxylic acids is 1. The lowest BCUT2D eigenvalue weighted by molar-refractivity contribution is 0.0693. The molecule has 0 atom stereocenters. The second-order valence-corrected chi connectivity index (χ2v) is 2.93. The van der Waals surface area contributed by atoms with Crippen LogP contribution in [0, 0.1) is 13.8 Å². The number of aromatic hydroxyl groups is 1. The Kier molecular flexibility index (Phi) is 2.14. The lowest BCUT2D eigenvalue weighted by Gasteiger charge is -2.09. The Labute approximate surface area is 75.6 Å². The molecule has 1 rings (SSSR count). The first-order chi connectivity index (χ1) is 5.95. The Morgan fingerprint density at radius 2 is 2.00 bits per heavy atom. The van der Waals surface area contributed by atoms with Gasteiger partial charge >= 0.3 is 5.97 Å². The molecule has 0 aromatic heterocycles. The van der Waals surface area contributed by atoms with E-state index < -0.39 is 5.97 Å². The van der Waals surface area contributed by atoms with Crippen LogP contribution in [0.3, 0.4) is 0 Å². The molecule has 0 radical (unpaired) electrons. The molecule has 0 aliphatic carbocycles. The third-order valence-electron chi connectivity index (χ3n) is 2.10. The van der Waals surface area contributed by atoms with Crippen molar-refractivity contribution in [2.24, 2.45) is 0 Å². The number of carboxylic acid groups (broad SMARTS) is 1. The predicted molar refractivity (Wildman–Crippen MR) is 49.0 cm³/mol. The first-order valence-electron chi connectivity index (χ1n) is 3.77. The molecule has 0 fully saturated rings. The normalized spacial score (nSPS) is 10.0. The molecule has 0 saturated heterocycles. The van der Waals surface area contributed by atoms with E-state index >= 15 is 0 Å². The highest BCUT2D eigenvalue weighted by Gasteiger charge is 2.15. The van der Waals surface area contributed by atoms with Crippen molar-refractivity contribution >= 4 is 11.7 Å². The lowest BCUT2D eigenvalue weighted by atomic mass is 10.0. The van der Waals surface area contributed by atoms with E-state index in [1.54, 1.807) is 13.8 Å². The highest BCUT2D eigenvalue weighted by Crippen LogP contribution is 2.30. The van der Waals surface area contributed by atoms with Crippen molar-refractivity contribution in [1.82, 2.24) is 0 Å². The molecule has 70 valence electrons. The van der Waals surface area contributed by atoms with Crippen molar-refractivity contribution in [2.75, 3.05) is 5.73 Å². The summed E-state index contributed by atoms with van der Waals surface area (Å²) in [5.74, 6) is -1.53. The molecule has 0 bridgehead atoms. The van der Waals surface area contributed by atoms with Gasteiger partial charge in [0.25, 0.3) is 0 Å². The fourth-order valence-electron chi connectivity index (χ4n) is 1.09. The summed E-state index contributed by atoms with van der Waals surface area (Å²) in [7, 11) is 0. The third-order valence-corrected chi connectivity index (χ3v) is 2.10. The maximum atomic E-state index is 10.6. The van der Waals surface area contributed by atoms with Gasteiger partial charge in [0, 0.05) is 0 Å². The minimum atomic E-state index is -1.17. The minimum Gasteiger partial charge on any atom is -0.505 e. The van der Waals surface area contributed by atoms with Crippen LogP contribution in [0.5, 0.6) is 5.75 Å². The van der Waals surface area contributed by atoms with Gasteiger partial charge < -0.3 is 15.9 Å². The molecule has 1 aromatic rings. The van der Waals surface area contributed by atoms with Crippen molar-refractivity contribution in [3.63, 3.8) is 0 Å². The molecule has 0 aliphatic heterocycles. The van der Waals surface area contributed by atoms with E-state index in [4.69, 9.17) is 10.8 Å². The van der Waals surface area contributed by atoms with Crippen LogP contribution >= 0.6 is 0 Å². The summed E-state index contributed by atoms with van der Waals surface area (Å²) < 4.78 is 0. The highest BCUT2D eigenvalue weighted by molar-refractivity contribution is 5.93. The third kappa shape index (κ3) is 1.42. The fraction of sp³-hybridized carbons (Fsp3) is 0.222. The minimum absolute atomic E-state index is 0.136. The van der Waals surface area contributed by atoms with Gasteiger partial charge in [-0.1, -0.05) is 0 Å². The first kappa shape index (κ1) is 9.38. The van der Waals surface area contributed by atoms with Gasteiger partial charge in [0.2, 0.25) is 0 Å². The highest BCUT2D eigenvalue weighted by atomic mass is 16.4. The molecule has 0 saturated carbocycles. The average molecular weight is 181 g/mol. The van der Waals surface area contributed by atoms with Gasteiger partial charge in [-0.05, 0) is 31.0 Å². The maximum absolute atomic E-state index is 10.6. The number of carbonyl (C=O) groups is 1. The van der Waals surface area contributed by atoms with Crippen molar-refractivity contribution in [1.29, 1.82) is 0 Å². The Balaban J connectivity index is 3.50. The predicted octanol–water partition coefficient (Wildman–Crippen LogP) is 1.29. The van der Waals surface area contributed by atoms with Crippen LogP contribution in [0.2, 0.25) is 0 Å². The monoisotopic (exact) mass is 181 g/mol. The summed E-state index contributed by atoms with van der Waals surface area (Å²) in [6.45, 7) is 3.48. The van der Waals surface area contributed by atoms with Crippen LogP contribution in [0.15, 0.2) is 6.07 Å². The summed E-state index contributed by atoms with van der Waals surface area (Å²) in [4.78, 5) is 10.6. The summed E-state index contributed by atoms with van der Waals surface area (Å²) in [5.41, 5.74) is 6.96. The van der Waals surface area contributed by atoms with Gasteiger partial charge in [0.05, 0.1) is 5.69 Å². The fourth-order valence-corrected chi connectivity index (χ4v) is 1.09. The van der Waals surface area contributed by atoms with Crippen LogP contribution in [-0.4, -0.2) is 16.2 Å². The van der Waals surface area contributed by atoms with E-state index in [2.05, 4.69) is 0 Å². The summed E-state index contributed by atoms with van der Waals surface area (Å²) >= 11 is 0. The Hall–Kier alpha value is -1.71. The molecule has 0 heterocycles. The number of hydrogen-bond donors (Lipinski definition) is 3. The SMILES string of the molecule is Cc1cc(C(=O)O)c(O)c(N)c1C. The van der Waals surface area contributed by atoms with Crippen LogP contribution in [0.1, 0.15) is 21.5 Å². The number of rotatable bonds is 1. The molecule has 0 amide bonds. The number of benzene rings is 1. The number of anilines is 1. The average Bonchev–Trinajstić information content (AvgIpc) is 2.07. The van der Waals surface area contributed by atoms with E-state index in [0.29, 0.717) is 5.56 Å². The first-order valence-corrected chi connectivity index (χ1v) is 3.77. The number of nitrogens with two attached hydrogens (primary N) is 1. The van der Waals surface area contributed by atoms with E-state index in [0.717, 1.165) is 5.56 Å². The number of nitrogen functional groups attached to an aromatic ring is 1. The van der Waals surface area contributed by atoms with Crippen molar-refractivity contribution in [2.45, 2.75) is 13.8 Å². The molecule has 13 heavy (non-hydrogen) atoms. The summed E-state index contributed by atoms with van der Waals surface area (Å²) in [6.07, 6.45) is 0. The molecular formula is C9H11NO3. The second-order valence-electron chi connectivity index (χ2n) is 2.93. The largest absolute Gasteiger partial charge is 0.505 e. The Bertz CT molecular complexity index is 372. The van der Waals surface area contributed by atoms with Crippen LogP contribution < -0.4 is 5.73 Å². The van der Waals surface area contributed by atoms with Gasteiger partial charge in [0.15, 0.2) is 5.75 Å². The van der Waals surface area contributed by atoms with Crippen LogP contribution in [-0.2, 0) is 0 Å². The van der Waals surface area contributed by atoms with E-state index in [1.165, 1.54) is 6.07 Å². The van der Waals surface area contributed by atoms with Gasteiger partial charge in [-0.25, -0.2) is 4.79 Å². The quantitative estimate of drug-likeness (QED) is 0.450. The lowest BCUT2D eigenvalue weighted by Crippen LogP contribution is -2.02. The molecule has 0 spiro atoms. The van der Waals surface area contributed by atoms with E-state index in [-0.39, 0.29) is 17.0 Å². The van der Waals surface area contributed by atoms with E-state index in [1.807, 2.05) is 0 Å². The van der Waals surface area contributed by atoms with Crippen molar-refractivity contribution in [3.8, 4) is 5.75 Å². The topological polar surface area (TPSA) is 83.5 Å². The van der Waals surface area contributed by atoms with Crippen LogP contribution in [0.25, 0.3) is 0 Å². The Morgan fingerprint density at radius 1 is 1.46 bits per heavy atom. The number of aromatic carboxylic acids is 1. The molecule has 0 aliphatic rings. The Morgan fingerprint density at radius 3 is 2.46 bits per heavy atom. The smallest absolute Gasteiger partial charge is 0.339 e. The summed E-state index contributed by atoms with van der Waals surface area (Å²) in [5, 5.41) is 18.1. The van der Waals surface area contributed by atoms with Crippen LogP contribution in [0.4, 0.5) is 5.69 Å².